The predicted octanol–water partition coefficient (Wildman–Crippen LogP) is 2.88. The number of carbonyl (C=O) groups is 2. The van der Waals surface area contributed by atoms with Gasteiger partial charge < -0.3 is 10.2 Å². The number of carbonyl (C=O) groups excluding carboxylic acids is 2. The van der Waals surface area contributed by atoms with Gasteiger partial charge >= 0.3 is 0 Å². The molecule has 26 heavy (non-hydrogen) atoms. The zero-order valence-electron chi connectivity index (χ0n) is 15.6. The molecule has 2 rings (SSSR count). The number of benzene rings is 1. The van der Waals surface area contributed by atoms with Gasteiger partial charge in [0, 0.05) is 12.6 Å². The van der Waals surface area contributed by atoms with E-state index in [1.54, 1.807) is 11.6 Å². The van der Waals surface area contributed by atoms with Crippen molar-refractivity contribution in [2.45, 2.75) is 40.3 Å². The average molecular weight is 377 g/mol. The van der Waals surface area contributed by atoms with E-state index >= 15 is 0 Å². The maximum absolute atomic E-state index is 12.9. The third-order valence-electron chi connectivity index (χ3n) is 3.91. The highest BCUT2D eigenvalue weighted by molar-refractivity contribution is 6.33. The first-order valence-corrected chi connectivity index (χ1v) is 9.06. The normalized spacial score (nSPS) is 10.8. The number of aromatic nitrogens is 2. The highest BCUT2D eigenvalue weighted by Crippen LogP contribution is 2.22. The van der Waals surface area contributed by atoms with Crippen molar-refractivity contribution in [3.63, 3.8) is 0 Å². The van der Waals surface area contributed by atoms with Crippen molar-refractivity contribution in [1.29, 1.82) is 0 Å². The standard InChI is InChI=1S/C19H25ClN4O2/c1-5-23(12-16(25)21-13(2)3)19(26)17-14(4)22-24(18(17)20)11-15-9-7-6-8-10-15/h6-10,13H,5,11-12H2,1-4H3,(H,21,25). The van der Waals surface area contributed by atoms with E-state index in [0.717, 1.165) is 5.56 Å². The molecule has 2 aromatic rings. The first-order valence-electron chi connectivity index (χ1n) is 8.69. The van der Waals surface area contributed by atoms with Gasteiger partial charge in [-0.05, 0) is 33.3 Å². The number of nitrogens with zero attached hydrogens (tertiary/aromatic N) is 3. The maximum atomic E-state index is 12.9. The monoisotopic (exact) mass is 376 g/mol. The smallest absolute Gasteiger partial charge is 0.259 e. The van der Waals surface area contributed by atoms with Crippen LogP contribution in [0.5, 0.6) is 0 Å². The predicted molar refractivity (Wildman–Crippen MR) is 102 cm³/mol. The molecule has 1 heterocycles. The molecule has 2 amide bonds. The Morgan fingerprint density at radius 1 is 1.27 bits per heavy atom. The minimum Gasteiger partial charge on any atom is -0.352 e. The largest absolute Gasteiger partial charge is 0.352 e. The van der Waals surface area contributed by atoms with Gasteiger partial charge in [-0.1, -0.05) is 41.9 Å². The Bertz CT molecular complexity index is 771. The fourth-order valence-corrected chi connectivity index (χ4v) is 3.00. The Kier molecular flexibility index (Phi) is 6.80. The summed E-state index contributed by atoms with van der Waals surface area (Å²) in [5, 5.41) is 7.49. The molecule has 0 saturated heterocycles. The summed E-state index contributed by atoms with van der Waals surface area (Å²) in [7, 11) is 0. The summed E-state index contributed by atoms with van der Waals surface area (Å²) in [5.74, 6) is -0.478. The van der Waals surface area contributed by atoms with Gasteiger partial charge in [0.25, 0.3) is 5.91 Å². The van der Waals surface area contributed by atoms with Gasteiger partial charge in [0.15, 0.2) is 0 Å². The van der Waals surface area contributed by atoms with Gasteiger partial charge in [0.2, 0.25) is 5.91 Å². The van der Waals surface area contributed by atoms with E-state index in [9.17, 15) is 9.59 Å². The third kappa shape index (κ3) is 4.85. The minimum absolute atomic E-state index is 0.00680. The molecule has 0 radical (unpaired) electrons. The van der Waals surface area contributed by atoms with Gasteiger partial charge in [0.1, 0.15) is 5.15 Å². The summed E-state index contributed by atoms with van der Waals surface area (Å²) < 4.78 is 1.61. The second-order valence-corrected chi connectivity index (χ2v) is 6.79. The van der Waals surface area contributed by atoms with E-state index in [4.69, 9.17) is 11.6 Å². The molecule has 0 atom stereocenters. The summed E-state index contributed by atoms with van der Waals surface area (Å²) >= 11 is 6.45. The molecular formula is C19H25ClN4O2. The van der Waals surface area contributed by atoms with Crippen molar-refractivity contribution in [3.8, 4) is 0 Å². The molecule has 0 aliphatic rings. The summed E-state index contributed by atoms with van der Waals surface area (Å²) in [6.45, 7) is 8.22. The molecule has 0 bridgehead atoms. The summed E-state index contributed by atoms with van der Waals surface area (Å²) in [6, 6.07) is 9.80. The van der Waals surface area contributed by atoms with Gasteiger partial charge in [-0.15, -0.1) is 0 Å². The van der Waals surface area contributed by atoms with E-state index in [0.29, 0.717) is 29.5 Å². The highest BCUT2D eigenvalue weighted by Gasteiger charge is 2.25. The lowest BCUT2D eigenvalue weighted by molar-refractivity contribution is -0.122. The van der Waals surface area contributed by atoms with Gasteiger partial charge in [-0.2, -0.15) is 5.10 Å². The molecule has 1 N–H and O–H groups in total. The van der Waals surface area contributed by atoms with Crippen LogP contribution in [0.15, 0.2) is 30.3 Å². The van der Waals surface area contributed by atoms with Gasteiger partial charge in [-0.25, -0.2) is 4.68 Å². The van der Waals surface area contributed by atoms with Gasteiger partial charge in [0.05, 0.1) is 24.3 Å². The van der Waals surface area contributed by atoms with Crippen molar-refractivity contribution in [2.75, 3.05) is 13.1 Å². The highest BCUT2D eigenvalue weighted by atomic mass is 35.5. The third-order valence-corrected chi connectivity index (χ3v) is 4.29. The number of hydrogen-bond donors (Lipinski definition) is 1. The van der Waals surface area contributed by atoms with Crippen molar-refractivity contribution in [1.82, 2.24) is 20.0 Å². The van der Waals surface area contributed by atoms with Crippen molar-refractivity contribution in [2.24, 2.45) is 0 Å². The molecule has 6 nitrogen and oxygen atoms in total. The Hall–Kier alpha value is -2.34. The lowest BCUT2D eigenvalue weighted by Gasteiger charge is -2.21. The Labute approximate surface area is 159 Å². The van der Waals surface area contributed by atoms with E-state index in [1.807, 2.05) is 51.1 Å². The Morgan fingerprint density at radius 3 is 2.50 bits per heavy atom. The van der Waals surface area contributed by atoms with Crippen LogP contribution in [0.25, 0.3) is 0 Å². The van der Waals surface area contributed by atoms with Crippen molar-refractivity contribution in [3.05, 3.63) is 52.3 Å². The van der Waals surface area contributed by atoms with Crippen LogP contribution in [-0.4, -0.2) is 45.6 Å². The Balaban J connectivity index is 2.21. The lowest BCUT2D eigenvalue weighted by Crippen LogP contribution is -2.42. The second kappa shape index (κ2) is 8.85. The first-order chi connectivity index (χ1) is 12.3. The zero-order chi connectivity index (χ0) is 19.3. The number of amides is 2. The zero-order valence-corrected chi connectivity index (χ0v) is 16.4. The van der Waals surface area contributed by atoms with Crippen LogP contribution >= 0.6 is 11.6 Å². The lowest BCUT2D eigenvalue weighted by atomic mass is 10.2. The summed E-state index contributed by atoms with van der Waals surface area (Å²) in [6.07, 6.45) is 0. The van der Waals surface area contributed by atoms with Gasteiger partial charge in [-0.3, -0.25) is 9.59 Å². The SMILES string of the molecule is CCN(CC(=O)NC(C)C)C(=O)c1c(C)nn(Cc2ccccc2)c1Cl. The molecule has 7 heteroatoms. The minimum atomic E-state index is -0.284. The molecule has 0 fully saturated rings. The Morgan fingerprint density at radius 2 is 1.92 bits per heavy atom. The van der Waals surface area contributed by atoms with E-state index < -0.39 is 0 Å². The van der Waals surface area contributed by atoms with Crippen LogP contribution in [0.1, 0.15) is 42.4 Å². The molecule has 0 aliphatic carbocycles. The number of rotatable bonds is 7. The quantitative estimate of drug-likeness (QED) is 0.807. The van der Waals surface area contributed by atoms with E-state index in [2.05, 4.69) is 10.4 Å². The fourth-order valence-electron chi connectivity index (χ4n) is 2.68. The maximum Gasteiger partial charge on any atom is 0.259 e. The van der Waals surface area contributed by atoms with Crippen LogP contribution in [0.4, 0.5) is 0 Å². The molecule has 140 valence electrons. The fraction of sp³-hybridized carbons (Fsp3) is 0.421. The summed E-state index contributed by atoms with van der Waals surface area (Å²) in [5.41, 5.74) is 1.94. The van der Waals surface area contributed by atoms with Crippen LogP contribution in [0.3, 0.4) is 0 Å². The molecule has 0 unspecified atom stereocenters. The van der Waals surface area contributed by atoms with Crippen LogP contribution in [0.2, 0.25) is 5.15 Å². The number of likely N-dealkylation sites (N-methyl/N-ethyl adjacent to an activating group) is 1. The average Bonchev–Trinajstić information content (AvgIpc) is 2.86. The number of aryl methyl sites for hydroxylation is 1. The topological polar surface area (TPSA) is 67.2 Å². The van der Waals surface area contributed by atoms with Crippen LogP contribution in [0, 0.1) is 6.92 Å². The number of nitrogens with one attached hydrogen (secondary N) is 1. The van der Waals surface area contributed by atoms with Crippen molar-refractivity contribution >= 4 is 23.4 Å². The molecule has 0 spiro atoms. The van der Waals surface area contributed by atoms with Crippen LogP contribution < -0.4 is 5.32 Å². The first kappa shape index (κ1) is 20.0. The molecule has 0 aliphatic heterocycles. The number of hydrogen-bond acceptors (Lipinski definition) is 3. The van der Waals surface area contributed by atoms with E-state index in [1.165, 1.54) is 4.90 Å². The molecular weight excluding hydrogens is 352 g/mol. The molecule has 1 aromatic carbocycles. The summed E-state index contributed by atoms with van der Waals surface area (Å²) in [4.78, 5) is 26.4. The van der Waals surface area contributed by atoms with Crippen molar-refractivity contribution < 1.29 is 9.59 Å². The van der Waals surface area contributed by atoms with E-state index in [-0.39, 0.29) is 24.4 Å². The molecule has 0 saturated carbocycles. The second-order valence-electron chi connectivity index (χ2n) is 6.44. The van der Waals surface area contributed by atoms with Crippen LogP contribution in [-0.2, 0) is 11.3 Å². The number of halogens is 1. The molecule has 1 aromatic heterocycles.